The average Bonchev–Trinajstić information content (AvgIpc) is 2.26. The van der Waals surface area contributed by atoms with Gasteiger partial charge in [0.05, 0.1) is 0 Å². The summed E-state index contributed by atoms with van der Waals surface area (Å²) in [5.74, 6) is -0.289. The molecule has 1 aromatic carbocycles. The first kappa shape index (κ1) is 14.1. The van der Waals surface area contributed by atoms with E-state index in [1.807, 2.05) is 13.1 Å². The van der Waals surface area contributed by atoms with Crippen LogP contribution >= 0.6 is 12.2 Å². The Bertz CT molecular complexity index is 406. The molecule has 94 valence electrons. The topological polar surface area (TPSA) is 29.3 Å². The van der Waals surface area contributed by atoms with Crippen molar-refractivity contribution in [2.24, 2.45) is 5.73 Å². The highest BCUT2D eigenvalue weighted by Crippen LogP contribution is 2.13. The van der Waals surface area contributed by atoms with Gasteiger partial charge in [-0.2, -0.15) is 0 Å². The van der Waals surface area contributed by atoms with Gasteiger partial charge in [-0.05, 0) is 44.2 Å². The van der Waals surface area contributed by atoms with Crippen molar-refractivity contribution in [3.63, 3.8) is 0 Å². The maximum absolute atomic E-state index is 13.4. The molecule has 1 unspecified atom stereocenters. The third kappa shape index (κ3) is 4.06. The molecule has 0 saturated heterocycles. The minimum absolute atomic E-state index is 0.233. The highest BCUT2D eigenvalue weighted by molar-refractivity contribution is 7.80. The fourth-order valence-electron chi connectivity index (χ4n) is 1.64. The molecule has 0 amide bonds. The van der Waals surface area contributed by atoms with Crippen LogP contribution in [0.1, 0.15) is 31.4 Å². The number of rotatable bonds is 5. The van der Waals surface area contributed by atoms with E-state index in [-0.39, 0.29) is 10.8 Å². The molecular formula is C13H19FN2S. The van der Waals surface area contributed by atoms with E-state index in [0.717, 1.165) is 12.0 Å². The molecule has 0 heterocycles. The van der Waals surface area contributed by atoms with Crippen LogP contribution in [0.5, 0.6) is 0 Å². The van der Waals surface area contributed by atoms with E-state index in [9.17, 15) is 4.39 Å². The van der Waals surface area contributed by atoms with Crippen molar-refractivity contribution in [2.45, 2.75) is 32.9 Å². The van der Waals surface area contributed by atoms with Gasteiger partial charge in [0.25, 0.3) is 0 Å². The Hall–Kier alpha value is -1.00. The van der Waals surface area contributed by atoms with Gasteiger partial charge in [0.1, 0.15) is 10.8 Å². The summed E-state index contributed by atoms with van der Waals surface area (Å²) in [6.45, 7) is 4.98. The van der Waals surface area contributed by atoms with E-state index in [4.69, 9.17) is 18.0 Å². The van der Waals surface area contributed by atoms with Gasteiger partial charge in [-0.15, -0.1) is 0 Å². The molecular weight excluding hydrogens is 235 g/mol. The maximum Gasteiger partial charge on any atom is 0.124 e. The Labute approximate surface area is 108 Å². The molecule has 0 aromatic heterocycles. The van der Waals surface area contributed by atoms with Crippen molar-refractivity contribution in [1.29, 1.82) is 0 Å². The molecule has 0 radical (unpaired) electrons. The van der Waals surface area contributed by atoms with Gasteiger partial charge in [0, 0.05) is 18.2 Å². The van der Waals surface area contributed by atoms with Crippen LogP contribution in [0.25, 0.3) is 0 Å². The summed E-state index contributed by atoms with van der Waals surface area (Å²) in [6, 6.07) is 5.21. The zero-order valence-electron chi connectivity index (χ0n) is 10.5. The molecule has 0 saturated carbocycles. The molecule has 1 atom stereocenters. The van der Waals surface area contributed by atoms with Gasteiger partial charge in [0.2, 0.25) is 0 Å². The first-order valence-electron chi connectivity index (χ1n) is 5.73. The molecule has 2 N–H and O–H groups in total. The highest BCUT2D eigenvalue weighted by Gasteiger charge is 2.09. The summed E-state index contributed by atoms with van der Waals surface area (Å²) in [5.41, 5.74) is 7.01. The van der Waals surface area contributed by atoms with Gasteiger partial charge in [-0.1, -0.05) is 19.1 Å². The van der Waals surface area contributed by atoms with Crippen molar-refractivity contribution < 1.29 is 4.39 Å². The number of hydrogen-bond acceptors (Lipinski definition) is 2. The lowest BCUT2D eigenvalue weighted by atomic mass is 10.1. The molecule has 0 bridgehead atoms. The van der Waals surface area contributed by atoms with E-state index >= 15 is 0 Å². The first-order chi connectivity index (χ1) is 7.93. The van der Waals surface area contributed by atoms with Crippen molar-refractivity contribution in [3.05, 3.63) is 35.1 Å². The van der Waals surface area contributed by atoms with E-state index in [2.05, 4.69) is 18.7 Å². The Balaban J connectivity index is 2.87. The predicted molar refractivity (Wildman–Crippen MR) is 73.5 cm³/mol. The van der Waals surface area contributed by atoms with Gasteiger partial charge in [0.15, 0.2) is 0 Å². The minimum Gasteiger partial charge on any atom is -0.389 e. The average molecular weight is 254 g/mol. The monoisotopic (exact) mass is 254 g/mol. The van der Waals surface area contributed by atoms with Crippen molar-refractivity contribution in [1.82, 2.24) is 4.90 Å². The van der Waals surface area contributed by atoms with Crippen molar-refractivity contribution in [2.75, 3.05) is 7.05 Å². The highest BCUT2D eigenvalue weighted by atomic mass is 32.1. The molecule has 17 heavy (non-hydrogen) atoms. The Morgan fingerprint density at radius 1 is 1.47 bits per heavy atom. The zero-order valence-corrected chi connectivity index (χ0v) is 11.4. The SMILES string of the molecule is CCC(C)N(C)Cc1cc(F)cc(C(N)=S)c1. The maximum atomic E-state index is 13.4. The number of halogens is 1. The summed E-state index contributed by atoms with van der Waals surface area (Å²) in [4.78, 5) is 2.41. The molecule has 0 aliphatic carbocycles. The summed E-state index contributed by atoms with van der Waals surface area (Å²) in [6.07, 6.45) is 1.06. The normalized spacial score (nSPS) is 12.8. The van der Waals surface area contributed by atoms with Gasteiger partial charge in [-0.3, -0.25) is 4.90 Å². The Morgan fingerprint density at radius 3 is 2.65 bits per heavy atom. The second-order valence-corrected chi connectivity index (χ2v) is 4.82. The lowest BCUT2D eigenvalue weighted by Crippen LogP contribution is -2.28. The molecule has 0 fully saturated rings. The van der Waals surface area contributed by atoms with Gasteiger partial charge >= 0.3 is 0 Å². The summed E-state index contributed by atoms with van der Waals surface area (Å²) < 4.78 is 13.4. The Morgan fingerprint density at radius 2 is 2.12 bits per heavy atom. The van der Waals surface area contributed by atoms with E-state index in [1.165, 1.54) is 12.1 Å². The zero-order chi connectivity index (χ0) is 13.0. The Kier molecular flexibility index (Phi) is 5.02. The largest absolute Gasteiger partial charge is 0.389 e. The summed E-state index contributed by atoms with van der Waals surface area (Å²) in [7, 11) is 2.03. The fraction of sp³-hybridized carbons (Fsp3) is 0.462. The van der Waals surface area contributed by atoms with E-state index in [1.54, 1.807) is 0 Å². The van der Waals surface area contributed by atoms with Crippen LogP contribution in [-0.2, 0) is 6.54 Å². The third-order valence-corrected chi connectivity index (χ3v) is 3.25. The number of benzene rings is 1. The number of nitrogens with two attached hydrogens (primary N) is 1. The van der Waals surface area contributed by atoms with Gasteiger partial charge < -0.3 is 5.73 Å². The van der Waals surface area contributed by atoms with E-state index < -0.39 is 0 Å². The second-order valence-electron chi connectivity index (χ2n) is 4.38. The number of nitrogens with zero attached hydrogens (tertiary/aromatic N) is 1. The molecule has 0 aliphatic rings. The lowest BCUT2D eigenvalue weighted by Gasteiger charge is -2.23. The van der Waals surface area contributed by atoms with Crippen LogP contribution in [0.2, 0.25) is 0 Å². The molecule has 2 nitrogen and oxygen atoms in total. The molecule has 0 aliphatic heterocycles. The molecule has 1 aromatic rings. The van der Waals surface area contributed by atoms with Gasteiger partial charge in [-0.25, -0.2) is 4.39 Å². The molecule has 0 spiro atoms. The predicted octanol–water partition coefficient (Wildman–Crippen LogP) is 2.69. The molecule has 4 heteroatoms. The van der Waals surface area contributed by atoms with Crippen LogP contribution < -0.4 is 5.73 Å². The van der Waals surface area contributed by atoms with Crippen LogP contribution in [0.4, 0.5) is 4.39 Å². The van der Waals surface area contributed by atoms with Crippen LogP contribution in [0.15, 0.2) is 18.2 Å². The smallest absolute Gasteiger partial charge is 0.124 e. The third-order valence-electron chi connectivity index (χ3n) is 3.02. The lowest BCUT2D eigenvalue weighted by molar-refractivity contribution is 0.243. The minimum atomic E-state index is -0.289. The quantitative estimate of drug-likeness (QED) is 0.819. The number of thiocarbonyl (C=S) groups is 1. The standard InChI is InChI=1S/C13H19FN2S/c1-4-9(2)16(3)8-10-5-11(13(15)17)7-12(14)6-10/h5-7,9H,4,8H2,1-3H3,(H2,15,17). The summed E-state index contributed by atoms with van der Waals surface area (Å²) >= 11 is 4.87. The van der Waals surface area contributed by atoms with E-state index in [0.29, 0.717) is 18.2 Å². The van der Waals surface area contributed by atoms with Crippen LogP contribution in [-0.4, -0.2) is 23.0 Å². The fourth-order valence-corrected chi connectivity index (χ4v) is 1.76. The first-order valence-corrected chi connectivity index (χ1v) is 6.14. The molecule has 1 rings (SSSR count). The number of hydrogen-bond donors (Lipinski definition) is 1. The second kappa shape index (κ2) is 6.07. The van der Waals surface area contributed by atoms with Crippen molar-refractivity contribution >= 4 is 17.2 Å². The summed E-state index contributed by atoms with van der Waals surface area (Å²) in [5, 5.41) is 0. The van der Waals surface area contributed by atoms with Crippen LogP contribution in [0, 0.1) is 5.82 Å². The van der Waals surface area contributed by atoms with Crippen LogP contribution in [0.3, 0.4) is 0 Å². The van der Waals surface area contributed by atoms with Crippen molar-refractivity contribution in [3.8, 4) is 0 Å².